The summed E-state index contributed by atoms with van der Waals surface area (Å²) in [5.74, 6) is 0.119. The molecular weight excluding hydrogens is 325 g/mol. The largest absolute Gasteiger partial charge is 0.481 e. The number of ether oxygens (including phenoxy) is 1. The highest BCUT2D eigenvalue weighted by molar-refractivity contribution is 6.40. The summed E-state index contributed by atoms with van der Waals surface area (Å²) in [4.78, 5) is 19.4. The molecule has 0 saturated carbocycles. The standard InChI is InChI=1S/C12H8Cl3N3O2/c13-7-3-8(14)12(9(15)4-7)20-6-11(19)18-10-5-16-1-2-17-10/h1-5H,6H2,(H,17,18,19). The molecule has 1 aromatic heterocycles. The molecule has 5 nitrogen and oxygen atoms in total. The fraction of sp³-hybridized carbons (Fsp3) is 0.0833. The Morgan fingerprint density at radius 2 is 1.90 bits per heavy atom. The SMILES string of the molecule is O=C(COc1c(Cl)cc(Cl)cc1Cl)Nc1cnccn1. The van der Waals surface area contributed by atoms with Crippen molar-refractivity contribution in [3.63, 3.8) is 0 Å². The fourth-order valence-electron chi connectivity index (χ4n) is 1.35. The average molecular weight is 333 g/mol. The van der Waals surface area contributed by atoms with Gasteiger partial charge in [-0.15, -0.1) is 0 Å². The van der Waals surface area contributed by atoms with Crippen LogP contribution in [0.4, 0.5) is 5.82 Å². The predicted molar refractivity (Wildman–Crippen MR) is 77.6 cm³/mol. The monoisotopic (exact) mass is 331 g/mol. The lowest BCUT2D eigenvalue weighted by molar-refractivity contribution is -0.118. The van der Waals surface area contributed by atoms with Crippen molar-refractivity contribution < 1.29 is 9.53 Å². The van der Waals surface area contributed by atoms with Crippen molar-refractivity contribution in [3.05, 3.63) is 45.8 Å². The minimum Gasteiger partial charge on any atom is -0.481 e. The summed E-state index contributed by atoms with van der Waals surface area (Å²) in [5, 5.41) is 3.36. The number of nitrogens with zero attached hydrogens (tertiary/aromatic N) is 2. The van der Waals surface area contributed by atoms with Gasteiger partial charge in [0.25, 0.3) is 5.91 Å². The molecule has 0 fully saturated rings. The van der Waals surface area contributed by atoms with E-state index in [9.17, 15) is 4.79 Å². The first kappa shape index (κ1) is 14.8. The van der Waals surface area contributed by atoms with Gasteiger partial charge in [0.2, 0.25) is 0 Å². The molecular formula is C12H8Cl3N3O2. The van der Waals surface area contributed by atoms with Crippen LogP contribution in [0.5, 0.6) is 5.75 Å². The average Bonchev–Trinajstić information content (AvgIpc) is 2.38. The first-order valence-corrected chi connectivity index (χ1v) is 6.53. The number of benzene rings is 1. The van der Waals surface area contributed by atoms with Crippen LogP contribution in [0.3, 0.4) is 0 Å². The minimum absolute atomic E-state index is 0.201. The molecule has 0 radical (unpaired) electrons. The molecule has 0 bridgehead atoms. The van der Waals surface area contributed by atoms with Gasteiger partial charge >= 0.3 is 0 Å². The molecule has 0 aliphatic rings. The summed E-state index contributed by atoms with van der Waals surface area (Å²) in [6.45, 7) is -0.266. The Morgan fingerprint density at radius 3 is 2.50 bits per heavy atom. The molecule has 0 saturated heterocycles. The number of carbonyl (C=O) groups excluding carboxylic acids is 1. The number of nitrogens with one attached hydrogen (secondary N) is 1. The van der Waals surface area contributed by atoms with Gasteiger partial charge in [-0.05, 0) is 12.1 Å². The van der Waals surface area contributed by atoms with Gasteiger partial charge in [-0.25, -0.2) is 4.98 Å². The van der Waals surface area contributed by atoms with Crippen LogP contribution in [0, 0.1) is 0 Å². The van der Waals surface area contributed by atoms with Crippen molar-refractivity contribution in [2.45, 2.75) is 0 Å². The summed E-state index contributed by atoms with van der Waals surface area (Å²) in [6, 6.07) is 2.95. The third kappa shape index (κ3) is 3.96. The molecule has 2 rings (SSSR count). The molecule has 1 heterocycles. The third-order valence-electron chi connectivity index (χ3n) is 2.14. The number of carbonyl (C=O) groups is 1. The second-order valence-electron chi connectivity index (χ2n) is 3.63. The zero-order valence-corrected chi connectivity index (χ0v) is 12.2. The minimum atomic E-state index is -0.410. The second-order valence-corrected chi connectivity index (χ2v) is 4.88. The highest BCUT2D eigenvalue weighted by Gasteiger charge is 2.11. The first-order chi connectivity index (χ1) is 9.56. The van der Waals surface area contributed by atoms with E-state index in [1.54, 1.807) is 0 Å². The zero-order chi connectivity index (χ0) is 14.5. The molecule has 0 spiro atoms. The molecule has 1 N–H and O–H groups in total. The fourth-order valence-corrected chi connectivity index (χ4v) is 2.27. The van der Waals surface area contributed by atoms with E-state index in [4.69, 9.17) is 39.5 Å². The number of amides is 1. The molecule has 0 unspecified atom stereocenters. The van der Waals surface area contributed by atoms with Crippen LogP contribution in [0.2, 0.25) is 15.1 Å². The molecule has 8 heteroatoms. The van der Waals surface area contributed by atoms with E-state index < -0.39 is 5.91 Å². The number of hydrogen-bond acceptors (Lipinski definition) is 4. The number of aromatic nitrogens is 2. The van der Waals surface area contributed by atoms with Crippen molar-refractivity contribution >= 4 is 46.5 Å². The van der Waals surface area contributed by atoms with Crippen molar-refractivity contribution in [3.8, 4) is 5.75 Å². The van der Waals surface area contributed by atoms with Gasteiger partial charge in [0.15, 0.2) is 18.2 Å². The van der Waals surface area contributed by atoms with E-state index in [-0.39, 0.29) is 22.4 Å². The molecule has 0 aliphatic heterocycles. The first-order valence-electron chi connectivity index (χ1n) is 5.39. The van der Waals surface area contributed by atoms with Crippen LogP contribution in [0.1, 0.15) is 0 Å². The lowest BCUT2D eigenvalue weighted by Crippen LogP contribution is -2.21. The normalized spacial score (nSPS) is 10.2. The summed E-state index contributed by atoms with van der Waals surface area (Å²) in [7, 11) is 0. The van der Waals surface area contributed by atoms with Crippen molar-refractivity contribution in [2.24, 2.45) is 0 Å². The van der Waals surface area contributed by atoms with E-state index in [2.05, 4.69) is 15.3 Å². The summed E-state index contributed by atoms with van der Waals surface area (Å²) >= 11 is 17.6. The highest BCUT2D eigenvalue weighted by atomic mass is 35.5. The van der Waals surface area contributed by atoms with E-state index in [1.165, 1.54) is 30.7 Å². The van der Waals surface area contributed by atoms with Gasteiger partial charge in [0, 0.05) is 17.4 Å². The molecule has 0 atom stereocenters. The van der Waals surface area contributed by atoms with E-state index in [1.807, 2.05) is 0 Å². The topological polar surface area (TPSA) is 64.1 Å². The predicted octanol–water partition coefficient (Wildman–Crippen LogP) is 3.45. The maximum absolute atomic E-state index is 11.7. The van der Waals surface area contributed by atoms with Crippen molar-refractivity contribution in [2.75, 3.05) is 11.9 Å². The summed E-state index contributed by atoms with van der Waals surface area (Å²) < 4.78 is 5.27. The lowest BCUT2D eigenvalue weighted by atomic mass is 10.3. The number of halogens is 3. The van der Waals surface area contributed by atoms with Crippen LogP contribution in [0.15, 0.2) is 30.7 Å². The van der Waals surface area contributed by atoms with Crippen LogP contribution in [-0.2, 0) is 4.79 Å². The molecule has 104 valence electrons. The Morgan fingerprint density at radius 1 is 1.20 bits per heavy atom. The summed E-state index contributed by atoms with van der Waals surface area (Å²) in [5.41, 5.74) is 0. The van der Waals surface area contributed by atoms with Crippen LogP contribution < -0.4 is 10.1 Å². The van der Waals surface area contributed by atoms with Crippen LogP contribution in [-0.4, -0.2) is 22.5 Å². The van der Waals surface area contributed by atoms with Crippen molar-refractivity contribution in [1.29, 1.82) is 0 Å². The maximum atomic E-state index is 11.7. The van der Waals surface area contributed by atoms with E-state index >= 15 is 0 Å². The van der Waals surface area contributed by atoms with Gasteiger partial charge in [0.1, 0.15) is 0 Å². The molecule has 2 aromatic rings. The third-order valence-corrected chi connectivity index (χ3v) is 2.92. The molecule has 0 aliphatic carbocycles. The Kier molecular flexibility index (Phi) is 5.00. The Hall–Kier alpha value is -1.56. The van der Waals surface area contributed by atoms with Crippen LogP contribution in [0.25, 0.3) is 0 Å². The van der Waals surface area contributed by atoms with Gasteiger partial charge < -0.3 is 10.1 Å². The molecule has 1 amide bonds. The quantitative estimate of drug-likeness (QED) is 0.931. The lowest BCUT2D eigenvalue weighted by Gasteiger charge is -2.10. The Labute approximate surface area is 129 Å². The second kappa shape index (κ2) is 6.74. The maximum Gasteiger partial charge on any atom is 0.263 e. The Balaban J connectivity index is 1.97. The van der Waals surface area contributed by atoms with E-state index in [0.29, 0.717) is 10.8 Å². The van der Waals surface area contributed by atoms with E-state index in [0.717, 1.165) is 0 Å². The van der Waals surface area contributed by atoms with Crippen LogP contribution >= 0.6 is 34.8 Å². The van der Waals surface area contributed by atoms with Gasteiger partial charge in [-0.1, -0.05) is 34.8 Å². The van der Waals surface area contributed by atoms with Crippen molar-refractivity contribution in [1.82, 2.24) is 9.97 Å². The smallest absolute Gasteiger partial charge is 0.263 e. The Bertz CT molecular complexity index is 600. The molecule has 1 aromatic carbocycles. The number of rotatable bonds is 4. The van der Waals surface area contributed by atoms with Gasteiger partial charge in [-0.3, -0.25) is 9.78 Å². The van der Waals surface area contributed by atoms with Gasteiger partial charge in [-0.2, -0.15) is 0 Å². The highest BCUT2D eigenvalue weighted by Crippen LogP contribution is 2.35. The van der Waals surface area contributed by atoms with Gasteiger partial charge in [0.05, 0.1) is 16.2 Å². The number of hydrogen-bond donors (Lipinski definition) is 1. The molecule has 20 heavy (non-hydrogen) atoms. The summed E-state index contributed by atoms with van der Waals surface area (Å²) in [6.07, 6.45) is 4.38. The number of anilines is 1. The zero-order valence-electron chi connectivity index (χ0n) is 9.94.